The zero-order valence-corrected chi connectivity index (χ0v) is 38.3. The summed E-state index contributed by atoms with van der Waals surface area (Å²) in [5, 5.41) is 27.9. The lowest BCUT2D eigenvalue weighted by Gasteiger charge is -2.41. The summed E-state index contributed by atoms with van der Waals surface area (Å²) in [5.74, 6) is -0.0947. The zero-order valence-electron chi connectivity index (χ0n) is 37.5. The van der Waals surface area contributed by atoms with Gasteiger partial charge in [0, 0.05) is 61.1 Å². The molecule has 4 N–H and O–H groups in total. The lowest BCUT2D eigenvalue weighted by molar-refractivity contribution is -0.137. The number of benzene rings is 2. The summed E-state index contributed by atoms with van der Waals surface area (Å²) in [6.07, 6.45) is 6.03. The molecule has 2 aromatic carbocycles. The minimum absolute atomic E-state index is 0.0211. The van der Waals surface area contributed by atoms with Crippen molar-refractivity contribution in [2.75, 3.05) is 56.1 Å². The van der Waals surface area contributed by atoms with Gasteiger partial charge in [0.2, 0.25) is 17.8 Å². The molecule has 1 atom stereocenters. The molecule has 3 aromatic heterocycles. The van der Waals surface area contributed by atoms with Crippen molar-refractivity contribution < 1.29 is 37.0 Å². The molecule has 3 aliphatic heterocycles. The van der Waals surface area contributed by atoms with Gasteiger partial charge in [-0.25, -0.2) is 14.4 Å². The van der Waals surface area contributed by atoms with E-state index < -0.39 is 28.9 Å². The van der Waals surface area contributed by atoms with Crippen LogP contribution in [0.2, 0.25) is 0 Å². The number of rotatable bonds is 18. The van der Waals surface area contributed by atoms with Gasteiger partial charge in [0.1, 0.15) is 17.1 Å². The molecule has 0 saturated carbocycles. The fourth-order valence-corrected chi connectivity index (χ4v) is 9.68. The molecule has 358 valence electrons. The molecule has 16 nitrogen and oxygen atoms in total. The van der Waals surface area contributed by atoms with Crippen molar-refractivity contribution in [1.29, 1.82) is 0 Å². The number of carbonyl (C=O) groups excluding carboxylic acids is 2. The van der Waals surface area contributed by atoms with Gasteiger partial charge in [-0.3, -0.25) is 29.0 Å². The summed E-state index contributed by atoms with van der Waals surface area (Å²) in [6, 6.07) is 12.7. The van der Waals surface area contributed by atoms with E-state index in [1.54, 1.807) is 19.9 Å². The third kappa shape index (κ3) is 12.9. The van der Waals surface area contributed by atoms with E-state index in [0.717, 1.165) is 68.0 Å². The van der Waals surface area contributed by atoms with E-state index in [2.05, 4.69) is 62.7 Å². The van der Waals surface area contributed by atoms with Crippen LogP contribution in [-0.2, 0) is 40.2 Å². The van der Waals surface area contributed by atoms with Crippen LogP contribution < -0.4 is 20.3 Å². The Labute approximate surface area is 390 Å². The molecule has 0 spiro atoms. The highest BCUT2D eigenvalue weighted by atomic mass is 32.2. The molecular weight excluding hydrogens is 893 g/mol. The number of halogens is 4. The molecule has 21 heteroatoms. The van der Waals surface area contributed by atoms with Gasteiger partial charge in [-0.05, 0) is 119 Å². The summed E-state index contributed by atoms with van der Waals surface area (Å²) in [5.41, 5.74) is 0.262. The largest absolute Gasteiger partial charge is 0.419 e. The van der Waals surface area contributed by atoms with Crippen molar-refractivity contribution >= 4 is 41.1 Å². The maximum absolute atomic E-state index is 15.1. The number of hydrogen-bond acceptors (Lipinski definition) is 14. The molecule has 0 aliphatic carbocycles. The predicted octanol–water partition coefficient (Wildman–Crippen LogP) is 6.57. The SMILES string of the molecule is CC(C)(O)Cn1cc(-c2nc(Nc3ccc(SNCCOCc4cn(CCN5CCC(C6CCN(c7cccc(C8CCC(=O)NC8=O)c7)CC6)CC5)nn4)cc3F)ncc2C(F)(F)F)cn1. The van der Waals surface area contributed by atoms with Gasteiger partial charge in [0.15, 0.2) is 0 Å². The maximum atomic E-state index is 15.1. The maximum Gasteiger partial charge on any atom is 0.419 e. The number of aromatic nitrogens is 7. The number of imide groups is 1. The number of anilines is 3. The molecule has 2 amide bonds. The standard InChI is InChI=1S/C46H56F4N12O4S/c1-45(2,65)29-62-26-33(24-52-62)42-38(46(48,49)50)25-51-44(56-42)54-40-8-6-36(23-39(40)47)67-53-14-21-66-28-34-27-61(58-57-34)20-19-59-15-10-30(11-16-59)31-12-17-60(18-13-31)35-5-3-4-32(22-35)37-7-9-41(63)55-43(37)64/h3-6,8,22-27,30-31,37,53,65H,7,9-21,28-29H2,1-2H3,(H,51,54,56)(H,55,63,64). The lowest BCUT2D eigenvalue weighted by atomic mass is 9.78. The van der Waals surface area contributed by atoms with Crippen LogP contribution in [0.25, 0.3) is 11.3 Å². The number of amides is 2. The highest BCUT2D eigenvalue weighted by Gasteiger charge is 2.36. The van der Waals surface area contributed by atoms with E-state index in [0.29, 0.717) is 43.7 Å². The van der Waals surface area contributed by atoms with Crippen LogP contribution in [0.1, 0.15) is 75.1 Å². The van der Waals surface area contributed by atoms with E-state index in [9.17, 15) is 27.9 Å². The highest BCUT2D eigenvalue weighted by Crippen LogP contribution is 2.38. The molecule has 3 fully saturated rings. The first-order chi connectivity index (χ1) is 32.1. The average molecular weight is 949 g/mol. The molecule has 5 aromatic rings. The lowest BCUT2D eigenvalue weighted by Crippen LogP contribution is -2.41. The summed E-state index contributed by atoms with van der Waals surface area (Å²) in [4.78, 5) is 37.4. The second-order valence-corrected chi connectivity index (χ2v) is 19.0. The first kappa shape index (κ1) is 48.0. The molecule has 1 unspecified atom stereocenters. The van der Waals surface area contributed by atoms with Gasteiger partial charge in [-0.15, -0.1) is 5.10 Å². The Morgan fingerprint density at radius 2 is 1.72 bits per heavy atom. The number of piperidine rings is 3. The highest BCUT2D eigenvalue weighted by molar-refractivity contribution is 7.97. The van der Waals surface area contributed by atoms with Gasteiger partial charge < -0.3 is 25.0 Å². The van der Waals surface area contributed by atoms with E-state index in [4.69, 9.17) is 4.74 Å². The van der Waals surface area contributed by atoms with Gasteiger partial charge in [-0.2, -0.15) is 18.3 Å². The van der Waals surface area contributed by atoms with Crippen LogP contribution in [-0.4, -0.2) is 108 Å². The molecule has 0 radical (unpaired) electrons. The number of aliphatic hydroxyl groups is 1. The minimum Gasteiger partial charge on any atom is -0.389 e. The molecular formula is C46H56F4N12O4S. The van der Waals surface area contributed by atoms with E-state index >= 15 is 4.39 Å². The Kier molecular flexibility index (Phi) is 15.2. The van der Waals surface area contributed by atoms with Gasteiger partial charge >= 0.3 is 6.18 Å². The van der Waals surface area contributed by atoms with E-state index in [-0.39, 0.29) is 41.5 Å². The first-order valence-electron chi connectivity index (χ1n) is 22.7. The minimum atomic E-state index is -4.75. The van der Waals surface area contributed by atoms with Crippen LogP contribution in [0.15, 0.2) is 72.1 Å². The van der Waals surface area contributed by atoms with Crippen LogP contribution in [0, 0.1) is 17.7 Å². The third-order valence-corrected chi connectivity index (χ3v) is 13.3. The Hall–Kier alpha value is -5.48. The van der Waals surface area contributed by atoms with E-state index in [1.165, 1.54) is 66.8 Å². The smallest absolute Gasteiger partial charge is 0.389 e. The number of nitrogens with one attached hydrogen (secondary N) is 3. The van der Waals surface area contributed by atoms with Crippen molar-refractivity contribution in [3.05, 3.63) is 89.9 Å². The van der Waals surface area contributed by atoms with Gasteiger partial charge in [-0.1, -0.05) is 17.3 Å². The fraction of sp³-hybridized carbons (Fsp3) is 0.500. The Morgan fingerprint density at radius 1 is 0.940 bits per heavy atom. The third-order valence-electron chi connectivity index (χ3n) is 12.5. The second kappa shape index (κ2) is 21.2. The molecule has 3 saturated heterocycles. The zero-order chi connectivity index (χ0) is 47.1. The Bertz CT molecular complexity index is 2480. The molecule has 67 heavy (non-hydrogen) atoms. The second-order valence-electron chi connectivity index (χ2n) is 18.1. The van der Waals surface area contributed by atoms with Crippen LogP contribution in [0.4, 0.5) is 34.9 Å². The normalized spacial score (nSPS) is 18.1. The average Bonchev–Trinajstić information content (AvgIpc) is 3.96. The Balaban J connectivity index is 0.708. The van der Waals surface area contributed by atoms with Crippen molar-refractivity contribution in [3.8, 4) is 11.3 Å². The molecule has 6 heterocycles. The van der Waals surface area contributed by atoms with Crippen LogP contribution >= 0.6 is 11.9 Å². The van der Waals surface area contributed by atoms with Gasteiger partial charge in [0.25, 0.3) is 0 Å². The summed E-state index contributed by atoms with van der Waals surface area (Å²) < 4.78 is 68.9. The summed E-state index contributed by atoms with van der Waals surface area (Å²) in [7, 11) is 0. The molecule has 0 bridgehead atoms. The van der Waals surface area contributed by atoms with Crippen molar-refractivity contribution in [2.24, 2.45) is 11.8 Å². The van der Waals surface area contributed by atoms with Crippen LogP contribution in [0.5, 0.6) is 0 Å². The van der Waals surface area contributed by atoms with Crippen molar-refractivity contribution in [3.63, 3.8) is 0 Å². The number of ether oxygens (including phenoxy) is 1. The summed E-state index contributed by atoms with van der Waals surface area (Å²) >= 11 is 1.20. The first-order valence-corrected chi connectivity index (χ1v) is 23.5. The van der Waals surface area contributed by atoms with Gasteiger partial charge in [0.05, 0.1) is 61.6 Å². The number of hydrogen-bond donors (Lipinski definition) is 4. The van der Waals surface area contributed by atoms with Crippen LogP contribution in [0.3, 0.4) is 0 Å². The van der Waals surface area contributed by atoms with Crippen molar-refractivity contribution in [2.45, 2.75) is 94.7 Å². The Morgan fingerprint density at radius 3 is 2.45 bits per heavy atom. The van der Waals surface area contributed by atoms with E-state index in [1.807, 2.05) is 23.0 Å². The number of carbonyl (C=O) groups is 2. The fourth-order valence-electron chi connectivity index (χ4n) is 9.03. The predicted molar refractivity (Wildman–Crippen MR) is 243 cm³/mol. The number of nitrogens with zero attached hydrogens (tertiary/aromatic N) is 9. The molecule has 3 aliphatic rings. The number of likely N-dealkylation sites (tertiary alicyclic amines) is 1. The van der Waals surface area contributed by atoms with Crippen molar-refractivity contribution in [1.82, 2.24) is 49.7 Å². The number of alkyl halides is 3. The summed E-state index contributed by atoms with van der Waals surface area (Å²) in [6.45, 7) is 10.1. The quantitative estimate of drug-likeness (QED) is 0.0321. The topological polar surface area (TPSA) is 180 Å². The molecule has 8 rings (SSSR count). The monoisotopic (exact) mass is 948 g/mol.